The molecule has 1 aliphatic heterocycles. The lowest BCUT2D eigenvalue weighted by Gasteiger charge is -2.38. The summed E-state index contributed by atoms with van der Waals surface area (Å²) in [5.74, 6) is 0.727. The number of aromatic nitrogens is 1. The fourth-order valence-electron chi connectivity index (χ4n) is 1.98. The highest BCUT2D eigenvalue weighted by molar-refractivity contribution is 6.34. The van der Waals surface area contributed by atoms with Crippen LogP contribution in [0.15, 0.2) is 12.3 Å². The van der Waals surface area contributed by atoms with Gasteiger partial charge in [-0.05, 0) is 20.0 Å². The Kier molecular flexibility index (Phi) is 3.51. The van der Waals surface area contributed by atoms with E-state index in [1.165, 1.54) is 0 Å². The quantitative estimate of drug-likeness (QED) is 0.762. The summed E-state index contributed by atoms with van der Waals surface area (Å²) in [6, 6.07) is 4.20. The van der Waals surface area contributed by atoms with Crippen LogP contribution in [0, 0.1) is 11.3 Å². The Morgan fingerprint density at radius 3 is 2.94 bits per heavy atom. The molecule has 4 nitrogen and oxygen atoms in total. The first-order chi connectivity index (χ1) is 8.13. The van der Waals surface area contributed by atoms with E-state index in [2.05, 4.69) is 34.8 Å². The Hall–Kier alpha value is -1.31. The van der Waals surface area contributed by atoms with Crippen LogP contribution in [0.3, 0.4) is 0 Å². The molecule has 5 heteroatoms. The van der Waals surface area contributed by atoms with Gasteiger partial charge in [-0.1, -0.05) is 11.6 Å². The highest BCUT2D eigenvalue weighted by Crippen LogP contribution is 2.27. The van der Waals surface area contributed by atoms with Gasteiger partial charge in [0.05, 0.1) is 5.56 Å². The zero-order valence-corrected chi connectivity index (χ0v) is 10.8. The van der Waals surface area contributed by atoms with Gasteiger partial charge >= 0.3 is 0 Å². The van der Waals surface area contributed by atoms with E-state index in [1.807, 2.05) is 0 Å². The van der Waals surface area contributed by atoms with Crippen molar-refractivity contribution in [2.24, 2.45) is 0 Å². The standard InChI is InChI=1S/C12H15ClN4/c1-9-8-17(6-5-16(9)2)12-11(13)10(7-14)3-4-15-12/h3-4,9H,5-6,8H2,1-2H3. The molecule has 1 fully saturated rings. The smallest absolute Gasteiger partial charge is 0.148 e. The van der Waals surface area contributed by atoms with Crippen molar-refractivity contribution >= 4 is 17.4 Å². The third-order valence-corrected chi connectivity index (χ3v) is 3.62. The van der Waals surface area contributed by atoms with E-state index in [-0.39, 0.29) is 0 Å². The summed E-state index contributed by atoms with van der Waals surface area (Å²) in [6.45, 7) is 4.94. The van der Waals surface area contributed by atoms with Gasteiger partial charge in [-0.15, -0.1) is 0 Å². The van der Waals surface area contributed by atoms with Crippen LogP contribution in [0.4, 0.5) is 5.82 Å². The van der Waals surface area contributed by atoms with Crippen LogP contribution in [0.2, 0.25) is 5.02 Å². The molecule has 1 atom stereocenters. The van der Waals surface area contributed by atoms with Crippen molar-refractivity contribution in [1.82, 2.24) is 9.88 Å². The summed E-state index contributed by atoms with van der Waals surface area (Å²) in [5, 5.41) is 9.41. The number of piperazine rings is 1. The molecule has 0 spiro atoms. The summed E-state index contributed by atoms with van der Waals surface area (Å²) in [4.78, 5) is 8.75. The predicted octanol–water partition coefficient (Wildman–Crippen LogP) is 1.75. The molecule has 2 heterocycles. The number of nitriles is 1. The highest BCUT2D eigenvalue weighted by Gasteiger charge is 2.23. The minimum atomic E-state index is 0.465. The lowest BCUT2D eigenvalue weighted by atomic mass is 10.2. The maximum Gasteiger partial charge on any atom is 0.148 e. The molecule has 0 radical (unpaired) electrons. The molecule has 17 heavy (non-hydrogen) atoms. The van der Waals surface area contributed by atoms with E-state index < -0.39 is 0 Å². The van der Waals surface area contributed by atoms with Gasteiger partial charge in [0.2, 0.25) is 0 Å². The van der Waals surface area contributed by atoms with Crippen molar-refractivity contribution < 1.29 is 0 Å². The van der Waals surface area contributed by atoms with Gasteiger partial charge in [0.25, 0.3) is 0 Å². The number of pyridine rings is 1. The Morgan fingerprint density at radius 2 is 2.29 bits per heavy atom. The van der Waals surface area contributed by atoms with E-state index in [4.69, 9.17) is 16.9 Å². The van der Waals surface area contributed by atoms with E-state index in [1.54, 1.807) is 12.3 Å². The summed E-state index contributed by atoms with van der Waals surface area (Å²) in [5.41, 5.74) is 0.489. The Bertz CT molecular complexity index is 454. The van der Waals surface area contributed by atoms with Crippen LogP contribution in [0.25, 0.3) is 0 Å². The molecule has 1 aromatic rings. The molecule has 0 aliphatic carbocycles. The third kappa shape index (κ3) is 2.36. The van der Waals surface area contributed by atoms with Crippen LogP contribution in [-0.4, -0.2) is 42.6 Å². The van der Waals surface area contributed by atoms with Crippen molar-refractivity contribution in [3.05, 3.63) is 22.8 Å². The zero-order chi connectivity index (χ0) is 12.4. The molecule has 1 saturated heterocycles. The second-order valence-electron chi connectivity index (χ2n) is 4.38. The van der Waals surface area contributed by atoms with Crippen LogP contribution >= 0.6 is 11.6 Å². The van der Waals surface area contributed by atoms with Crippen LogP contribution in [0.1, 0.15) is 12.5 Å². The Morgan fingerprint density at radius 1 is 1.53 bits per heavy atom. The number of likely N-dealkylation sites (N-methyl/N-ethyl adjacent to an activating group) is 1. The lowest BCUT2D eigenvalue weighted by molar-refractivity contribution is 0.233. The maximum absolute atomic E-state index is 8.95. The molecular formula is C12H15ClN4. The number of hydrogen-bond donors (Lipinski definition) is 0. The van der Waals surface area contributed by atoms with Gasteiger partial charge < -0.3 is 9.80 Å². The van der Waals surface area contributed by atoms with Gasteiger partial charge in [-0.2, -0.15) is 5.26 Å². The van der Waals surface area contributed by atoms with E-state index in [0.29, 0.717) is 16.6 Å². The second kappa shape index (κ2) is 4.91. The minimum Gasteiger partial charge on any atom is -0.353 e. The predicted molar refractivity (Wildman–Crippen MR) is 68.3 cm³/mol. The van der Waals surface area contributed by atoms with Gasteiger partial charge in [-0.25, -0.2) is 4.98 Å². The molecule has 0 aromatic carbocycles. The topological polar surface area (TPSA) is 43.2 Å². The van der Waals surface area contributed by atoms with Gasteiger partial charge in [0.15, 0.2) is 0 Å². The molecule has 0 N–H and O–H groups in total. The molecule has 0 amide bonds. The van der Waals surface area contributed by atoms with Crippen molar-refractivity contribution in [3.63, 3.8) is 0 Å². The van der Waals surface area contributed by atoms with E-state index in [0.717, 1.165) is 25.5 Å². The number of halogens is 1. The van der Waals surface area contributed by atoms with Gasteiger partial charge in [0, 0.05) is 31.9 Å². The average molecular weight is 251 g/mol. The molecule has 1 unspecified atom stereocenters. The summed E-state index contributed by atoms with van der Waals surface area (Å²) < 4.78 is 0. The second-order valence-corrected chi connectivity index (χ2v) is 4.76. The van der Waals surface area contributed by atoms with Crippen molar-refractivity contribution in [3.8, 4) is 6.07 Å². The SMILES string of the molecule is CC1CN(c2nccc(C#N)c2Cl)CCN1C. The van der Waals surface area contributed by atoms with Crippen molar-refractivity contribution in [2.45, 2.75) is 13.0 Å². The molecule has 1 aromatic heterocycles. The van der Waals surface area contributed by atoms with Gasteiger partial charge in [0.1, 0.15) is 16.9 Å². The van der Waals surface area contributed by atoms with Crippen molar-refractivity contribution in [1.29, 1.82) is 5.26 Å². The highest BCUT2D eigenvalue weighted by atomic mass is 35.5. The largest absolute Gasteiger partial charge is 0.353 e. The number of nitrogens with zero attached hydrogens (tertiary/aromatic N) is 4. The maximum atomic E-state index is 8.95. The monoisotopic (exact) mass is 250 g/mol. The minimum absolute atomic E-state index is 0.465. The van der Waals surface area contributed by atoms with E-state index >= 15 is 0 Å². The number of anilines is 1. The Labute approximate surface area is 106 Å². The van der Waals surface area contributed by atoms with Crippen LogP contribution in [-0.2, 0) is 0 Å². The first-order valence-electron chi connectivity index (χ1n) is 5.63. The summed E-state index contributed by atoms with van der Waals surface area (Å²) in [7, 11) is 2.11. The molecule has 1 aliphatic rings. The van der Waals surface area contributed by atoms with E-state index in [9.17, 15) is 0 Å². The summed E-state index contributed by atoms with van der Waals surface area (Å²) >= 11 is 6.19. The third-order valence-electron chi connectivity index (χ3n) is 3.25. The zero-order valence-electron chi connectivity index (χ0n) is 10.0. The molecule has 0 bridgehead atoms. The molecule has 2 rings (SSSR count). The number of rotatable bonds is 1. The number of hydrogen-bond acceptors (Lipinski definition) is 4. The Balaban J connectivity index is 2.27. The average Bonchev–Trinajstić information content (AvgIpc) is 2.33. The first-order valence-corrected chi connectivity index (χ1v) is 6.01. The summed E-state index contributed by atoms with van der Waals surface area (Å²) in [6.07, 6.45) is 1.64. The molecule has 90 valence electrons. The van der Waals surface area contributed by atoms with Gasteiger partial charge in [-0.3, -0.25) is 0 Å². The normalized spacial score (nSPS) is 21.3. The fourth-order valence-corrected chi connectivity index (χ4v) is 2.25. The first kappa shape index (κ1) is 12.2. The molecule has 0 saturated carbocycles. The lowest BCUT2D eigenvalue weighted by Crippen LogP contribution is -2.50. The van der Waals surface area contributed by atoms with Crippen molar-refractivity contribution in [2.75, 3.05) is 31.6 Å². The fraction of sp³-hybridized carbons (Fsp3) is 0.500. The van der Waals surface area contributed by atoms with Crippen LogP contribution < -0.4 is 4.90 Å². The molecular weight excluding hydrogens is 236 g/mol. The van der Waals surface area contributed by atoms with Crippen LogP contribution in [0.5, 0.6) is 0 Å².